The average molecular weight is 311 g/mol. The maximum Gasteiger partial charge on any atom is 0.407 e. The minimum atomic E-state index is -0.437. The molecular formula is C19H21NO3. The molecule has 0 saturated heterocycles. The molecule has 23 heavy (non-hydrogen) atoms. The van der Waals surface area contributed by atoms with Gasteiger partial charge >= 0.3 is 6.09 Å². The van der Waals surface area contributed by atoms with Gasteiger partial charge < -0.3 is 15.2 Å². The molecule has 1 atom stereocenters. The van der Waals surface area contributed by atoms with Gasteiger partial charge in [0.2, 0.25) is 0 Å². The second-order valence-electron chi connectivity index (χ2n) is 5.89. The van der Waals surface area contributed by atoms with Crippen LogP contribution in [0.4, 0.5) is 4.79 Å². The van der Waals surface area contributed by atoms with Gasteiger partial charge in [0, 0.05) is 12.5 Å². The van der Waals surface area contributed by atoms with Crippen molar-refractivity contribution in [2.75, 3.05) is 13.2 Å². The molecule has 0 radical (unpaired) electrons. The molecule has 3 rings (SSSR count). The topological polar surface area (TPSA) is 58.6 Å². The fraction of sp³-hybridized carbons (Fsp3) is 0.316. The van der Waals surface area contributed by atoms with E-state index < -0.39 is 12.2 Å². The van der Waals surface area contributed by atoms with Crippen molar-refractivity contribution in [2.24, 2.45) is 0 Å². The number of carbonyl (C=O) groups excluding carboxylic acids is 1. The van der Waals surface area contributed by atoms with Gasteiger partial charge in [-0.25, -0.2) is 4.79 Å². The monoisotopic (exact) mass is 311 g/mol. The summed E-state index contributed by atoms with van der Waals surface area (Å²) in [6.07, 6.45) is -0.346. The molecule has 1 aliphatic carbocycles. The molecule has 2 N–H and O–H groups in total. The molecule has 4 nitrogen and oxygen atoms in total. The lowest BCUT2D eigenvalue weighted by atomic mass is 9.98. The number of aliphatic hydroxyl groups excluding tert-OH is 1. The summed E-state index contributed by atoms with van der Waals surface area (Å²) in [7, 11) is 0. The van der Waals surface area contributed by atoms with Crippen LogP contribution in [0.1, 0.15) is 30.4 Å². The molecule has 2 aromatic carbocycles. The summed E-state index contributed by atoms with van der Waals surface area (Å²) >= 11 is 0. The molecule has 0 fully saturated rings. The zero-order chi connectivity index (χ0) is 16.2. The zero-order valence-electron chi connectivity index (χ0n) is 13.2. The highest BCUT2D eigenvalue weighted by atomic mass is 16.5. The van der Waals surface area contributed by atoms with Crippen molar-refractivity contribution < 1.29 is 14.6 Å². The fourth-order valence-electron chi connectivity index (χ4n) is 3.03. The SMILES string of the molecule is C[C@@H](O)CCNC(=O)OCC1c2ccccc2-c2ccccc21. The Hall–Kier alpha value is -2.33. The number of nitrogens with one attached hydrogen (secondary N) is 1. The molecule has 0 saturated carbocycles. The molecular weight excluding hydrogens is 290 g/mol. The highest BCUT2D eigenvalue weighted by molar-refractivity contribution is 5.79. The van der Waals surface area contributed by atoms with Crippen LogP contribution in [0.2, 0.25) is 0 Å². The van der Waals surface area contributed by atoms with Crippen LogP contribution in [0.3, 0.4) is 0 Å². The number of hydrogen-bond acceptors (Lipinski definition) is 3. The Balaban J connectivity index is 1.67. The normalized spacial score (nSPS) is 14.0. The van der Waals surface area contributed by atoms with Gasteiger partial charge in [-0.05, 0) is 35.6 Å². The predicted octanol–water partition coefficient (Wildman–Crippen LogP) is 3.30. The van der Waals surface area contributed by atoms with Crippen LogP contribution in [-0.2, 0) is 4.74 Å². The first-order valence-corrected chi connectivity index (χ1v) is 7.93. The van der Waals surface area contributed by atoms with Gasteiger partial charge in [0.05, 0.1) is 6.10 Å². The van der Waals surface area contributed by atoms with E-state index in [-0.39, 0.29) is 5.92 Å². The number of rotatable bonds is 5. The van der Waals surface area contributed by atoms with Gasteiger partial charge in [0.15, 0.2) is 0 Å². The van der Waals surface area contributed by atoms with Crippen molar-refractivity contribution in [3.63, 3.8) is 0 Å². The molecule has 0 bridgehead atoms. The summed E-state index contributed by atoms with van der Waals surface area (Å²) in [6, 6.07) is 16.5. The summed E-state index contributed by atoms with van der Waals surface area (Å²) in [5.74, 6) is 0.0740. The number of benzene rings is 2. The second kappa shape index (κ2) is 6.84. The van der Waals surface area contributed by atoms with E-state index in [0.717, 1.165) is 0 Å². The van der Waals surface area contributed by atoms with Crippen LogP contribution in [0.5, 0.6) is 0 Å². The van der Waals surface area contributed by atoms with Crippen molar-refractivity contribution in [1.82, 2.24) is 5.32 Å². The summed E-state index contributed by atoms with van der Waals surface area (Å²) < 4.78 is 5.39. The standard InChI is InChI=1S/C19H21NO3/c1-13(21)10-11-20-19(22)23-12-18-16-8-4-2-6-14(16)15-7-3-5-9-17(15)18/h2-9,13,18,21H,10-12H2,1H3,(H,20,22)/t13-/m1/s1. The van der Waals surface area contributed by atoms with Gasteiger partial charge in [0.25, 0.3) is 0 Å². The maximum atomic E-state index is 11.8. The van der Waals surface area contributed by atoms with E-state index in [9.17, 15) is 9.90 Å². The Morgan fingerprint density at radius 1 is 1.13 bits per heavy atom. The number of carbonyl (C=O) groups is 1. The van der Waals surface area contributed by atoms with E-state index in [0.29, 0.717) is 19.6 Å². The van der Waals surface area contributed by atoms with E-state index >= 15 is 0 Å². The Kier molecular flexibility index (Phi) is 4.63. The highest BCUT2D eigenvalue weighted by Gasteiger charge is 2.28. The van der Waals surface area contributed by atoms with E-state index in [1.54, 1.807) is 6.92 Å². The molecule has 0 aliphatic heterocycles. The van der Waals surface area contributed by atoms with Gasteiger partial charge in [-0.3, -0.25) is 0 Å². The van der Waals surface area contributed by atoms with Crippen LogP contribution >= 0.6 is 0 Å². The zero-order valence-corrected chi connectivity index (χ0v) is 13.2. The highest BCUT2D eigenvalue weighted by Crippen LogP contribution is 2.44. The summed E-state index contributed by atoms with van der Waals surface area (Å²) in [4.78, 5) is 11.8. The van der Waals surface area contributed by atoms with Gasteiger partial charge in [0.1, 0.15) is 6.61 Å². The number of amides is 1. The minimum absolute atomic E-state index is 0.0740. The first-order chi connectivity index (χ1) is 11.2. The Morgan fingerprint density at radius 3 is 2.26 bits per heavy atom. The molecule has 0 spiro atoms. The summed E-state index contributed by atoms with van der Waals surface area (Å²) in [6.45, 7) is 2.42. The first kappa shape index (κ1) is 15.6. The van der Waals surface area contributed by atoms with E-state index in [1.165, 1.54) is 22.3 Å². The maximum absolute atomic E-state index is 11.8. The van der Waals surface area contributed by atoms with E-state index in [1.807, 2.05) is 24.3 Å². The van der Waals surface area contributed by atoms with Crippen molar-refractivity contribution in [3.05, 3.63) is 59.7 Å². The number of aliphatic hydroxyl groups is 1. The molecule has 4 heteroatoms. The predicted molar refractivity (Wildman–Crippen MR) is 89.4 cm³/mol. The minimum Gasteiger partial charge on any atom is -0.449 e. The van der Waals surface area contributed by atoms with Gasteiger partial charge in [-0.1, -0.05) is 48.5 Å². The Labute approximate surface area is 136 Å². The van der Waals surface area contributed by atoms with E-state index in [2.05, 4.69) is 29.6 Å². The van der Waals surface area contributed by atoms with Crippen molar-refractivity contribution in [1.29, 1.82) is 0 Å². The average Bonchev–Trinajstić information content (AvgIpc) is 2.87. The molecule has 0 unspecified atom stereocenters. The Morgan fingerprint density at radius 2 is 1.70 bits per heavy atom. The van der Waals surface area contributed by atoms with Crippen LogP contribution < -0.4 is 5.32 Å². The van der Waals surface area contributed by atoms with Crippen LogP contribution in [-0.4, -0.2) is 30.5 Å². The fourth-order valence-corrected chi connectivity index (χ4v) is 3.03. The Bertz CT molecular complexity index is 651. The van der Waals surface area contributed by atoms with Crippen molar-refractivity contribution in [2.45, 2.75) is 25.4 Å². The van der Waals surface area contributed by atoms with Gasteiger partial charge in [-0.2, -0.15) is 0 Å². The lowest BCUT2D eigenvalue weighted by Crippen LogP contribution is -2.28. The third-order valence-corrected chi connectivity index (χ3v) is 4.18. The molecule has 120 valence electrons. The molecule has 0 heterocycles. The van der Waals surface area contributed by atoms with Gasteiger partial charge in [-0.15, -0.1) is 0 Å². The lowest BCUT2D eigenvalue weighted by Gasteiger charge is -2.14. The number of alkyl carbamates (subject to hydrolysis) is 1. The van der Waals surface area contributed by atoms with E-state index in [4.69, 9.17) is 4.74 Å². The van der Waals surface area contributed by atoms with Crippen LogP contribution in [0.15, 0.2) is 48.5 Å². The number of ether oxygens (including phenoxy) is 1. The summed E-state index contributed by atoms with van der Waals surface area (Å²) in [5.41, 5.74) is 4.83. The summed E-state index contributed by atoms with van der Waals surface area (Å²) in [5, 5.41) is 11.9. The third kappa shape index (κ3) is 3.37. The van der Waals surface area contributed by atoms with Crippen molar-refractivity contribution >= 4 is 6.09 Å². The van der Waals surface area contributed by atoms with Crippen LogP contribution in [0, 0.1) is 0 Å². The molecule has 0 aromatic heterocycles. The second-order valence-corrected chi connectivity index (χ2v) is 5.89. The molecule has 1 aliphatic rings. The number of fused-ring (bicyclic) bond motifs is 3. The molecule has 1 amide bonds. The third-order valence-electron chi connectivity index (χ3n) is 4.18. The van der Waals surface area contributed by atoms with Crippen molar-refractivity contribution in [3.8, 4) is 11.1 Å². The molecule has 2 aromatic rings. The van der Waals surface area contributed by atoms with Crippen LogP contribution in [0.25, 0.3) is 11.1 Å². The first-order valence-electron chi connectivity index (χ1n) is 7.93. The smallest absolute Gasteiger partial charge is 0.407 e. The quantitative estimate of drug-likeness (QED) is 0.891. The lowest BCUT2D eigenvalue weighted by molar-refractivity contribution is 0.139. The number of hydrogen-bond donors (Lipinski definition) is 2. The largest absolute Gasteiger partial charge is 0.449 e.